The molecule has 3 heterocycles. The van der Waals surface area contributed by atoms with Gasteiger partial charge in [0.1, 0.15) is 0 Å². The maximum atomic E-state index is 5.21. The number of para-hydroxylation sites is 2. The normalized spacial score (nSPS) is 12.5. The van der Waals surface area contributed by atoms with Crippen molar-refractivity contribution in [1.82, 2.24) is 24.1 Å². The third kappa shape index (κ3) is 5.97. The van der Waals surface area contributed by atoms with E-state index in [1.165, 1.54) is 60.5 Å². The molecule has 0 saturated carbocycles. The van der Waals surface area contributed by atoms with Gasteiger partial charge in [0.15, 0.2) is 17.5 Å². The van der Waals surface area contributed by atoms with Crippen molar-refractivity contribution < 1.29 is 0 Å². The van der Waals surface area contributed by atoms with E-state index >= 15 is 0 Å². The van der Waals surface area contributed by atoms with Crippen molar-refractivity contribution in [3.63, 3.8) is 0 Å². The molecule has 1 aliphatic rings. The summed E-state index contributed by atoms with van der Waals surface area (Å²) in [6, 6.07) is 71.7. The zero-order valence-corrected chi connectivity index (χ0v) is 34.9. The van der Waals surface area contributed by atoms with Crippen LogP contribution in [0.5, 0.6) is 0 Å². The van der Waals surface area contributed by atoms with Gasteiger partial charge in [-0.2, -0.15) is 0 Å². The molecule has 3 aromatic heterocycles. The molecule has 5 nitrogen and oxygen atoms in total. The van der Waals surface area contributed by atoms with Gasteiger partial charge in [-0.05, 0) is 106 Å². The summed E-state index contributed by atoms with van der Waals surface area (Å²) in [5.41, 5.74) is 13.6. The van der Waals surface area contributed by atoms with E-state index in [1.807, 2.05) is 0 Å². The molecule has 9 aromatic carbocycles. The highest BCUT2D eigenvalue weighted by molar-refractivity contribution is 6.10. The van der Waals surface area contributed by atoms with E-state index in [0.29, 0.717) is 17.5 Å². The van der Waals surface area contributed by atoms with Gasteiger partial charge < -0.3 is 9.13 Å². The van der Waals surface area contributed by atoms with Gasteiger partial charge in [-0.3, -0.25) is 0 Å². The highest BCUT2D eigenvalue weighted by Gasteiger charge is 2.21. The fourth-order valence-electron chi connectivity index (χ4n) is 9.91. The summed E-state index contributed by atoms with van der Waals surface area (Å²) in [5, 5.41) is 8.34. The smallest absolute Gasteiger partial charge is 0.164 e. The summed E-state index contributed by atoms with van der Waals surface area (Å²) in [4.78, 5) is 15.5. The minimum absolute atomic E-state index is 0.623. The summed E-state index contributed by atoms with van der Waals surface area (Å²) >= 11 is 0. The molecular weight excluding hydrogens is 779 g/mol. The van der Waals surface area contributed by atoms with Gasteiger partial charge in [0, 0.05) is 55.5 Å². The Hall–Kier alpha value is -8.41. The van der Waals surface area contributed by atoms with Crippen LogP contribution in [0.2, 0.25) is 0 Å². The van der Waals surface area contributed by atoms with Crippen LogP contribution in [0.25, 0.3) is 117 Å². The maximum absolute atomic E-state index is 5.21. The Morgan fingerprint density at radius 1 is 0.344 bits per heavy atom. The molecule has 64 heavy (non-hydrogen) atoms. The van der Waals surface area contributed by atoms with Gasteiger partial charge >= 0.3 is 0 Å². The van der Waals surface area contributed by atoms with Crippen LogP contribution in [-0.4, -0.2) is 24.1 Å². The Morgan fingerprint density at radius 2 is 0.906 bits per heavy atom. The summed E-state index contributed by atoms with van der Waals surface area (Å²) < 4.78 is 4.84. The van der Waals surface area contributed by atoms with E-state index in [0.717, 1.165) is 57.0 Å². The van der Waals surface area contributed by atoms with Crippen LogP contribution < -0.4 is 0 Å². The second-order valence-electron chi connectivity index (χ2n) is 16.8. The molecule has 0 spiro atoms. The van der Waals surface area contributed by atoms with E-state index in [9.17, 15) is 0 Å². The number of hydrogen-bond donors (Lipinski definition) is 0. The predicted molar refractivity (Wildman–Crippen MR) is 265 cm³/mol. The fraction of sp³-hybridized carbons (Fsp3) is 0.0339. The molecule has 0 atom stereocenters. The molecule has 300 valence electrons. The molecule has 0 unspecified atom stereocenters. The third-order valence-corrected chi connectivity index (χ3v) is 13.0. The first-order valence-corrected chi connectivity index (χ1v) is 22.0. The Bertz CT molecular complexity index is 3760. The zero-order chi connectivity index (χ0) is 42.1. The highest BCUT2D eigenvalue weighted by Crippen LogP contribution is 2.40. The predicted octanol–water partition coefficient (Wildman–Crippen LogP) is 14.8. The van der Waals surface area contributed by atoms with E-state index in [2.05, 4.69) is 221 Å². The molecule has 13 rings (SSSR count). The van der Waals surface area contributed by atoms with Crippen molar-refractivity contribution in [2.45, 2.75) is 12.8 Å². The molecular formula is C59H39N5. The first kappa shape index (κ1) is 36.3. The second-order valence-corrected chi connectivity index (χ2v) is 16.8. The molecule has 0 aliphatic heterocycles. The van der Waals surface area contributed by atoms with Crippen LogP contribution in [0, 0.1) is 0 Å². The van der Waals surface area contributed by atoms with E-state index < -0.39 is 0 Å². The molecule has 0 amide bonds. The SMILES string of the molecule is C1=Cc2c(n(-c3ccccc3)c3ccc(-c4ccc5c6ccccc6n(-c6cccc(-c7nc(-c8ccc9ccccc9c8)nc(-c8ccc9ccccc9c8)n7)c6)c5c4)cc23)CC1. The van der Waals surface area contributed by atoms with Crippen molar-refractivity contribution in [3.05, 3.63) is 218 Å². The van der Waals surface area contributed by atoms with E-state index in [-0.39, 0.29) is 0 Å². The number of hydrogen-bond acceptors (Lipinski definition) is 3. The number of benzene rings is 9. The van der Waals surface area contributed by atoms with Gasteiger partial charge in [0.25, 0.3) is 0 Å². The fourth-order valence-corrected chi connectivity index (χ4v) is 9.91. The molecule has 0 N–H and O–H groups in total. The van der Waals surface area contributed by atoms with Gasteiger partial charge in [0.2, 0.25) is 0 Å². The molecule has 12 aromatic rings. The summed E-state index contributed by atoms with van der Waals surface area (Å²) in [7, 11) is 0. The highest BCUT2D eigenvalue weighted by atomic mass is 15.0. The Morgan fingerprint density at radius 3 is 1.64 bits per heavy atom. The molecule has 0 fully saturated rings. The number of fused-ring (bicyclic) bond motifs is 8. The van der Waals surface area contributed by atoms with Crippen molar-refractivity contribution >= 4 is 60.3 Å². The first-order chi connectivity index (χ1) is 31.7. The molecule has 1 aliphatic carbocycles. The Labute approximate surface area is 369 Å². The topological polar surface area (TPSA) is 48.5 Å². The van der Waals surface area contributed by atoms with Crippen LogP contribution in [0.3, 0.4) is 0 Å². The quantitative estimate of drug-likeness (QED) is 0.168. The molecule has 0 radical (unpaired) electrons. The number of allylic oxidation sites excluding steroid dienone is 1. The summed E-state index contributed by atoms with van der Waals surface area (Å²) in [5.74, 6) is 1.90. The average Bonchev–Trinajstić information content (AvgIpc) is 3.88. The van der Waals surface area contributed by atoms with Crippen LogP contribution in [0.1, 0.15) is 17.7 Å². The lowest BCUT2D eigenvalue weighted by Crippen LogP contribution is -2.02. The number of aromatic nitrogens is 5. The van der Waals surface area contributed by atoms with E-state index in [4.69, 9.17) is 15.0 Å². The van der Waals surface area contributed by atoms with Gasteiger partial charge in [0.05, 0.1) is 16.6 Å². The standard InChI is InChI=1S/C59H39N5/c1-2-18-47(19-3-1)63-54-24-11-9-22-50(54)52-36-42(30-32-55(52)63)43-29-31-51-49-21-8-10-23-53(49)64(56(51)37-43)48-20-12-17-44(35-48)57-60-58(45-27-25-38-13-4-6-15-40(38)33-45)62-59(61-57)46-28-26-39-14-5-7-16-41(39)34-46/h1-10,12-23,25-37H,11,24H2. The Balaban J connectivity index is 0.965. The lowest BCUT2D eigenvalue weighted by atomic mass is 9.98. The third-order valence-electron chi connectivity index (χ3n) is 13.0. The second kappa shape index (κ2) is 14.6. The van der Waals surface area contributed by atoms with E-state index in [1.54, 1.807) is 0 Å². The lowest BCUT2D eigenvalue weighted by Gasteiger charge is -2.13. The first-order valence-electron chi connectivity index (χ1n) is 22.0. The van der Waals surface area contributed by atoms with Crippen molar-refractivity contribution in [3.8, 4) is 56.7 Å². The molecule has 0 saturated heterocycles. The maximum Gasteiger partial charge on any atom is 0.164 e. The zero-order valence-electron chi connectivity index (χ0n) is 34.9. The van der Waals surface area contributed by atoms with Gasteiger partial charge in [-0.15, -0.1) is 0 Å². The van der Waals surface area contributed by atoms with Crippen LogP contribution in [0.15, 0.2) is 206 Å². The lowest BCUT2D eigenvalue weighted by molar-refractivity contribution is 0.888. The van der Waals surface area contributed by atoms with Crippen LogP contribution in [-0.2, 0) is 6.42 Å². The molecule has 0 bridgehead atoms. The van der Waals surface area contributed by atoms with Crippen molar-refractivity contribution in [2.75, 3.05) is 0 Å². The molecule has 5 heteroatoms. The Kier molecular flexibility index (Phi) is 8.28. The van der Waals surface area contributed by atoms with Crippen LogP contribution >= 0.6 is 0 Å². The summed E-state index contributed by atoms with van der Waals surface area (Å²) in [6.07, 6.45) is 6.71. The minimum Gasteiger partial charge on any atom is -0.313 e. The van der Waals surface area contributed by atoms with Crippen LogP contribution in [0.4, 0.5) is 0 Å². The van der Waals surface area contributed by atoms with Gasteiger partial charge in [-0.1, -0.05) is 152 Å². The summed E-state index contributed by atoms with van der Waals surface area (Å²) in [6.45, 7) is 0. The average molecular weight is 818 g/mol. The largest absolute Gasteiger partial charge is 0.313 e. The monoisotopic (exact) mass is 817 g/mol. The van der Waals surface area contributed by atoms with Crippen molar-refractivity contribution in [1.29, 1.82) is 0 Å². The number of nitrogens with zero attached hydrogens (tertiary/aromatic N) is 5. The number of rotatable bonds is 6. The minimum atomic E-state index is 0.623. The van der Waals surface area contributed by atoms with Gasteiger partial charge in [-0.25, -0.2) is 15.0 Å². The van der Waals surface area contributed by atoms with Crippen molar-refractivity contribution in [2.24, 2.45) is 0 Å².